The highest BCUT2D eigenvalue weighted by molar-refractivity contribution is 6.00. The van der Waals surface area contributed by atoms with Crippen molar-refractivity contribution in [1.29, 1.82) is 0 Å². The molecule has 9 heteroatoms. The van der Waals surface area contributed by atoms with E-state index in [0.717, 1.165) is 23.5 Å². The molecule has 3 aromatic rings. The lowest BCUT2D eigenvalue weighted by molar-refractivity contribution is -0.143. The number of hydrogen-bond donors (Lipinski definition) is 2. The number of rotatable bonds is 14. The molecule has 0 spiro atoms. The van der Waals surface area contributed by atoms with Gasteiger partial charge in [-0.05, 0) is 85.9 Å². The Kier molecular flexibility index (Phi) is 11.0. The van der Waals surface area contributed by atoms with Crippen LogP contribution in [-0.2, 0) is 11.2 Å². The molecule has 1 heterocycles. The summed E-state index contributed by atoms with van der Waals surface area (Å²) in [5, 5.41) is 18.6. The van der Waals surface area contributed by atoms with E-state index in [4.69, 9.17) is 14.2 Å². The van der Waals surface area contributed by atoms with Gasteiger partial charge in [0.1, 0.15) is 30.5 Å². The molecule has 0 aliphatic carbocycles. The second kappa shape index (κ2) is 15.3. The molecule has 4 rings (SSSR count). The van der Waals surface area contributed by atoms with Crippen molar-refractivity contribution in [3.05, 3.63) is 102 Å². The average Bonchev–Trinajstić information content (AvgIpc) is 3.01. The van der Waals surface area contributed by atoms with E-state index in [-0.39, 0.29) is 17.0 Å². The quantitative estimate of drug-likeness (QED) is 0.196. The standard InChI is InChI=1S/C33H35NO8/c35-31(34-18-16-25(17-19-34)32(36)37)29-23-26(33(38)39)12-15-30(29)42-22-6-7-24-10-13-28(14-11-24)41-21-5-4-20-40-27-8-2-1-3-9-27/h1-5,8-15,23,25H,6-7,16-22H2,(H,36,37)(H,38,39)/b5-4+. The van der Waals surface area contributed by atoms with Gasteiger partial charge in [-0.25, -0.2) is 4.79 Å². The highest BCUT2D eigenvalue weighted by atomic mass is 16.5. The maximum absolute atomic E-state index is 13.2. The van der Waals surface area contributed by atoms with Crippen molar-refractivity contribution in [2.75, 3.05) is 32.9 Å². The monoisotopic (exact) mass is 573 g/mol. The fourth-order valence-electron chi connectivity index (χ4n) is 4.61. The fraction of sp³-hybridized carbons (Fsp3) is 0.303. The van der Waals surface area contributed by atoms with Gasteiger partial charge in [0, 0.05) is 13.1 Å². The molecule has 9 nitrogen and oxygen atoms in total. The van der Waals surface area contributed by atoms with Crippen LogP contribution >= 0.6 is 0 Å². The zero-order valence-electron chi connectivity index (χ0n) is 23.3. The highest BCUT2D eigenvalue weighted by Gasteiger charge is 2.29. The normalized spacial score (nSPS) is 13.6. The van der Waals surface area contributed by atoms with E-state index in [1.54, 1.807) is 4.90 Å². The fourth-order valence-corrected chi connectivity index (χ4v) is 4.61. The van der Waals surface area contributed by atoms with Gasteiger partial charge in [0.25, 0.3) is 5.91 Å². The first kappa shape index (κ1) is 30.2. The van der Waals surface area contributed by atoms with Crippen molar-refractivity contribution >= 4 is 17.8 Å². The topological polar surface area (TPSA) is 123 Å². The Morgan fingerprint density at radius 1 is 0.810 bits per heavy atom. The lowest BCUT2D eigenvalue weighted by Crippen LogP contribution is -2.40. The van der Waals surface area contributed by atoms with E-state index in [0.29, 0.717) is 57.9 Å². The van der Waals surface area contributed by atoms with Crippen molar-refractivity contribution in [3.63, 3.8) is 0 Å². The highest BCUT2D eigenvalue weighted by Crippen LogP contribution is 2.26. The minimum atomic E-state index is -1.14. The van der Waals surface area contributed by atoms with Gasteiger partial charge >= 0.3 is 11.9 Å². The van der Waals surface area contributed by atoms with Gasteiger partial charge in [0.05, 0.1) is 23.7 Å². The molecule has 1 saturated heterocycles. The van der Waals surface area contributed by atoms with E-state index in [1.165, 1.54) is 18.2 Å². The van der Waals surface area contributed by atoms with Crippen LogP contribution in [-0.4, -0.2) is 65.9 Å². The Balaban J connectivity index is 1.22. The second-order valence-corrected chi connectivity index (χ2v) is 9.92. The van der Waals surface area contributed by atoms with Crippen LogP contribution in [0.15, 0.2) is 84.9 Å². The third kappa shape index (κ3) is 8.86. The summed E-state index contributed by atoms with van der Waals surface area (Å²) in [7, 11) is 0. The maximum atomic E-state index is 13.2. The van der Waals surface area contributed by atoms with Crippen molar-refractivity contribution < 1.29 is 38.8 Å². The molecule has 3 aromatic carbocycles. The first-order valence-corrected chi connectivity index (χ1v) is 14.0. The number of carboxylic acids is 2. The Labute approximate surface area is 244 Å². The van der Waals surface area contributed by atoms with Gasteiger partial charge in [0.2, 0.25) is 0 Å². The van der Waals surface area contributed by atoms with Crippen LogP contribution in [0.3, 0.4) is 0 Å². The minimum absolute atomic E-state index is 0.00978. The smallest absolute Gasteiger partial charge is 0.335 e. The molecule has 42 heavy (non-hydrogen) atoms. The molecule has 0 saturated carbocycles. The molecule has 220 valence electrons. The van der Waals surface area contributed by atoms with Crippen molar-refractivity contribution in [1.82, 2.24) is 4.90 Å². The molecular formula is C33H35NO8. The summed E-state index contributed by atoms with van der Waals surface area (Å²) in [6.07, 6.45) is 5.98. The number of aliphatic carboxylic acids is 1. The lowest BCUT2D eigenvalue weighted by atomic mass is 9.96. The average molecular weight is 574 g/mol. The van der Waals surface area contributed by atoms with Gasteiger partial charge in [-0.15, -0.1) is 0 Å². The van der Waals surface area contributed by atoms with Crippen LogP contribution in [0.25, 0.3) is 0 Å². The van der Waals surface area contributed by atoms with Crippen LogP contribution in [0, 0.1) is 5.92 Å². The Morgan fingerprint density at radius 2 is 1.45 bits per heavy atom. The van der Waals surface area contributed by atoms with E-state index in [2.05, 4.69) is 0 Å². The molecule has 0 aromatic heterocycles. The van der Waals surface area contributed by atoms with Gasteiger partial charge < -0.3 is 29.3 Å². The number of carbonyl (C=O) groups is 3. The van der Waals surface area contributed by atoms with Crippen molar-refractivity contribution in [2.45, 2.75) is 25.7 Å². The summed E-state index contributed by atoms with van der Waals surface area (Å²) in [5.41, 5.74) is 1.27. The number of aromatic carboxylic acids is 1. The molecule has 1 aliphatic heterocycles. The minimum Gasteiger partial charge on any atom is -0.493 e. The third-order valence-corrected chi connectivity index (χ3v) is 6.98. The first-order valence-electron chi connectivity index (χ1n) is 14.0. The predicted molar refractivity (Wildman–Crippen MR) is 156 cm³/mol. The summed E-state index contributed by atoms with van der Waals surface area (Å²) < 4.78 is 17.3. The Morgan fingerprint density at radius 3 is 2.07 bits per heavy atom. The molecule has 1 amide bonds. The second-order valence-electron chi connectivity index (χ2n) is 9.92. The number of carboxylic acid groups (broad SMARTS) is 2. The number of para-hydroxylation sites is 1. The molecule has 1 aliphatic rings. The molecule has 0 bridgehead atoms. The summed E-state index contributed by atoms with van der Waals surface area (Å²) in [5.74, 6) is -0.929. The molecule has 0 unspecified atom stereocenters. The van der Waals surface area contributed by atoms with Crippen LogP contribution in [0.5, 0.6) is 17.2 Å². The van der Waals surface area contributed by atoms with Crippen molar-refractivity contribution in [2.24, 2.45) is 5.92 Å². The van der Waals surface area contributed by atoms with Crippen LogP contribution in [0.1, 0.15) is 45.5 Å². The summed E-state index contributed by atoms with van der Waals surface area (Å²) in [6, 6.07) is 21.7. The zero-order chi connectivity index (χ0) is 29.7. The molecular weight excluding hydrogens is 538 g/mol. The number of likely N-dealkylation sites (tertiary alicyclic amines) is 1. The largest absolute Gasteiger partial charge is 0.493 e. The SMILES string of the molecule is O=C(O)c1ccc(OCCCc2ccc(OC/C=C/COc3ccccc3)cc2)c(C(=O)N2CCC(C(=O)O)CC2)c1. The van der Waals surface area contributed by atoms with Gasteiger partial charge in [-0.3, -0.25) is 9.59 Å². The van der Waals surface area contributed by atoms with Crippen LogP contribution in [0.2, 0.25) is 0 Å². The van der Waals surface area contributed by atoms with Gasteiger partial charge in [0.15, 0.2) is 0 Å². The van der Waals surface area contributed by atoms with Crippen LogP contribution < -0.4 is 14.2 Å². The predicted octanol–water partition coefficient (Wildman–Crippen LogP) is 5.35. The molecule has 2 N–H and O–H groups in total. The van der Waals surface area contributed by atoms with E-state index in [1.807, 2.05) is 66.7 Å². The van der Waals surface area contributed by atoms with Gasteiger partial charge in [-0.2, -0.15) is 0 Å². The number of benzene rings is 3. The summed E-state index contributed by atoms with van der Waals surface area (Å²) in [6.45, 7) is 1.84. The van der Waals surface area contributed by atoms with E-state index >= 15 is 0 Å². The number of aryl methyl sites for hydroxylation is 1. The molecule has 0 atom stereocenters. The number of amides is 1. The zero-order valence-corrected chi connectivity index (χ0v) is 23.3. The van der Waals surface area contributed by atoms with Crippen LogP contribution in [0.4, 0.5) is 0 Å². The lowest BCUT2D eigenvalue weighted by Gasteiger charge is -2.30. The van der Waals surface area contributed by atoms with E-state index in [9.17, 15) is 24.6 Å². The number of nitrogens with zero attached hydrogens (tertiary/aromatic N) is 1. The number of carbonyl (C=O) groups excluding carboxylic acids is 1. The number of piperidine rings is 1. The molecule has 1 fully saturated rings. The first-order chi connectivity index (χ1) is 20.4. The van der Waals surface area contributed by atoms with E-state index < -0.39 is 17.9 Å². The maximum Gasteiger partial charge on any atom is 0.335 e. The van der Waals surface area contributed by atoms with Crippen molar-refractivity contribution in [3.8, 4) is 17.2 Å². The number of hydrogen-bond acceptors (Lipinski definition) is 6. The number of ether oxygens (including phenoxy) is 3. The summed E-state index contributed by atoms with van der Waals surface area (Å²) in [4.78, 5) is 37.6. The van der Waals surface area contributed by atoms with Gasteiger partial charge in [-0.1, -0.05) is 30.3 Å². The third-order valence-electron chi connectivity index (χ3n) is 6.98. The Hall–Kier alpha value is -4.79. The summed E-state index contributed by atoms with van der Waals surface area (Å²) >= 11 is 0. The Bertz CT molecular complexity index is 1360. The molecule has 0 radical (unpaired) electrons.